The van der Waals surface area contributed by atoms with Crippen molar-refractivity contribution >= 4 is 27.5 Å². The molecule has 0 fully saturated rings. The van der Waals surface area contributed by atoms with Crippen LogP contribution in [-0.2, 0) is 19.4 Å². The fourth-order valence-electron chi connectivity index (χ4n) is 5.21. The molecule has 0 unspecified atom stereocenters. The van der Waals surface area contributed by atoms with Gasteiger partial charge in [0.05, 0.1) is 11.2 Å². The first-order chi connectivity index (χ1) is 17.2. The van der Waals surface area contributed by atoms with Gasteiger partial charge in [-0.2, -0.15) is 9.61 Å². The van der Waals surface area contributed by atoms with Crippen LogP contribution in [0.4, 0.5) is 0 Å². The second-order valence-electron chi connectivity index (χ2n) is 9.27. The monoisotopic (exact) mass is 459 g/mol. The van der Waals surface area contributed by atoms with Gasteiger partial charge in [0.15, 0.2) is 11.5 Å². The standard InChI is InChI=1S/C28H25N7/c1-2-34-13-11-26-22(17-34)21-16-20(6-8-25(21)30-26)24-9-10-27-31-32-28(35(27)33-24)15-18-5-7-23-19(14-18)4-3-12-29-23/h3-10,12,14,16,30H,2,11,13,15,17H2,1H3. The van der Waals surface area contributed by atoms with Gasteiger partial charge in [-0.05, 0) is 60.1 Å². The van der Waals surface area contributed by atoms with Crippen LogP contribution in [0.3, 0.4) is 0 Å². The molecule has 1 N–H and O–H groups in total. The molecule has 1 aliphatic heterocycles. The van der Waals surface area contributed by atoms with E-state index in [1.807, 2.05) is 28.9 Å². The molecule has 0 aliphatic carbocycles. The largest absolute Gasteiger partial charge is 0.358 e. The third kappa shape index (κ3) is 3.47. The fraction of sp³-hybridized carbons (Fsp3) is 0.214. The minimum absolute atomic E-state index is 0.652. The van der Waals surface area contributed by atoms with E-state index in [1.165, 1.54) is 22.2 Å². The molecule has 5 heterocycles. The molecule has 35 heavy (non-hydrogen) atoms. The summed E-state index contributed by atoms with van der Waals surface area (Å²) in [7, 11) is 0. The number of aromatic amines is 1. The van der Waals surface area contributed by atoms with Gasteiger partial charge >= 0.3 is 0 Å². The van der Waals surface area contributed by atoms with Crippen LogP contribution in [0, 0.1) is 0 Å². The Hall–Kier alpha value is -4.10. The van der Waals surface area contributed by atoms with Crippen LogP contribution in [0.15, 0.2) is 66.9 Å². The summed E-state index contributed by atoms with van der Waals surface area (Å²) in [4.78, 5) is 10.6. The van der Waals surface area contributed by atoms with E-state index in [0.717, 1.165) is 65.3 Å². The first-order valence-corrected chi connectivity index (χ1v) is 12.2. The van der Waals surface area contributed by atoms with Crippen molar-refractivity contribution in [3.8, 4) is 11.3 Å². The third-order valence-electron chi connectivity index (χ3n) is 7.15. The minimum atomic E-state index is 0.652. The Morgan fingerprint density at radius 1 is 1.00 bits per heavy atom. The van der Waals surface area contributed by atoms with Crippen LogP contribution in [0.2, 0.25) is 0 Å². The van der Waals surface area contributed by atoms with E-state index < -0.39 is 0 Å². The smallest absolute Gasteiger partial charge is 0.177 e. The average Bonchev–Trinajstić information content (AvgIpc) is 3.48. The Labute approximate surface area is 202 Å². The Morgan fingerprint density at radius 2 is 1.97 bits per heavy atom. The second-order valence-corrected chi connectivity index (χ2v) is 9.27. The van der Waals surface area contributed by atoms with E-state index in [9.17, 15) is 0 Å². The molecule has 0 radical (unpaired) electrons. The number of nitrogens with one attached hydrogen (secondary N) is 1. The van der Waals surface area contributed by atoms with Crippen molar-refractivity contribution in [1.29, 1.82) is 0 Å². The Kier molecular flexibility index (Phi) is 4.63. The van der Waals surface area contributed by atoms with E-state index in [4.69, 9.17) is 5.10 Å². The van der Waals surface area contributed by atoms with E-state index in [2.05, 4.69) is 74.5 Å². The maximum Gasteiger partial charge on any atom is 0.177 e. The number of hydrogen-bond donors (Lipinski definition) is 1. The molecular weight excluding hydrogens is 434 g/mol. The maximum absolute atomic E-state index is 4.96. The van der Waals surface area contributed by atoms with Crippen LogP contribution < -0.4 is 0 Å². The summed E-state index contributed by atoms with van der Waals surface area (Å²) in [6.07, 6.45) is 3.55. The molecule has 6 aromatic rings. The van der Waals surface area contributed by atoms with E-state index >= 15 is 0 Å². The number of likely N-dealkylation sites (N-methyl/N-ethyl adjacent to an activating group) is 1. The Bertz CT molecular complexity index is 1710. The van der Waals surface area contributed by atoms with E-state index in [1.54, 1.807) is 0 Å². The maximum atomic E-state index is 4.96. The lowest BCUT2D eigenvalue weighted by atomic mass is 10.0. The van der Waals surface area contributed by atoms with Crippen molar-refractivity contribution in [2.45, 2.75) is 26.3 Å². The second kappa shape index (κ2) is 7.99. The summed E-state index contributed by atoms with van der Waals surface area (Å²) in [5, 5.41) is 16.2. The van der Waals surface area contributed by atoms with E-state index in [0.29, 0.717) is 6.42 Å². The number of rotatable bonds is 4. The van der Waals surface area contributed by atoms with Gasteiger partial charge in [0.25, 0.3) is 0 Å². The van der Waals surface area contributed by atoms with Crippen molar-refractivity contribution in [2.75, 3.05) is 13.1 Å². The molecule has 0 saturated heterocycles. The first kappa shape index (κ1) is 20.3. The summed E-state index contributed by atoms with van der Waals surface area (Å²) in [5.74, 6) is 0.823. The number of benzene rings is 2. The summed E-state index contributed by atoms with van der Waals surface area (Å²) >= 11 is 0. The van der Waals surface area contributed by atoms with Gasteiger partial charge in [-0.15, -0.1) is 10.2 Å². The molecule has 0 atom stereocenters. The Balaban J connectivity index is 1.26. The molecule has 7 heteroatoms. The lowest BCUT2D eigenvalue weighted by Gasteiger charge is -2.25. The zero-order chi connectivity index (χ0) is 23.4. The zero-order valence-corrected chi connectivity index (χ0v) is 19.6. The molecule has 0 spiro atoms. The van der Waals surface area contributed by atoms with Crippen molar-refractivity contribution in [3.63, 3.8) is 0 Å². The van der Waals surface area contributed by atoms with Crippen molar-refractivity contribution < 1.29 is 0 Å². The van der Waals surface area contributed by atoms with Gasteiger partial charge in [0, 0.05) is 59.7 Å². The highest BCUT2D eigenvalue weighted by molar-refractivity contribution is 5.89. The van der Waals surface area contributed by atoms with Gasteiger partial charge in [-0.25, -0.2) is 0 Å². The van der Waals surface area contributed by atoms with Gasteiger partial charge < -0.3 is 4.98 Å². The fourth-order valence-corrected chi connectivity index (χ4v) is 5.21. The predicted molar refractivity (Wildman–Crippen MR) is 137 cm³/mol. The molecule has 7 nitrogen and oxygen atoms in total. The molecule has 0 bridgehead atoms. The minimum Gasteiger partial charge on any atom is -0.358 e. The summed E-state index contributed by atoms with van der Waals surface area (Å²) in [6, 6.07) is 21.0. The normalized spacial score (nSPS) is 14.2. The topological polar surface area (TPSA) is 75.0 Å². The number of pyridine rings is 1. The summed E-state index contributed by atoms with van der Waals surface area (Å²) in [6.45, 7) is 5.42. The first-order valence-electron chi connectivity index (χ1n) is 12.2. The van der Waals surface area contributed by atoms with Crippen molar-refractivity contribution in [3.05, 3.63) is 89.5 Å². The van der Waals surface area contributed by atoms with Gasteiger partial charge in [0.2, 0.25) is 0 Å². The summed E-state index contributed by atoms with van der Waals surface area (Å²) < 4.78 is 1.87. The number of fused-ring (bicyclic) bond motifs is 5. The number of hydrogen-bond acceptors (Lipinski definition) is 5. The molecule has 0 saturated carbocycles. The highest BCUT2D eigenvalue weighted by Crippen LogP contribution is 2.31. The molecule has 1 aliphatic rings. The number of H-pyrrole nitrogens is 1. The van der Waals surface area contributed by atoms with Crippen LogP contribution in [0.1, 0.15) is 29.6 Å². The van der Waals surface area contributed by atoms with Gasteiger partial charge in [-0.1, -0.05) is 25.1 Å². The van der Waals surface area contributed by atoms with Gasteiger partial charge in [-0.3, -0.25) is 9.88 Å². The quantitative estimate of drug-likeness (QED) is 0.410. The molecule has 172 valence electrons. The zero-order valence-electron chi connectivity index (χ0n) is 19.6. The third-order valence-corrected chi connectivity index (χ3v) is 7.15. The highest BCUT2D eigenvalue weighted by Gasteiger charge is 2.20. The molecule has 4 aromatic heterocycles. The molecule has 0 amide bonds. The highest BCUT2D eigenvalue weighted by atomic mass is 15.4. The Morgan fingerprint density at radius 3 is 2.91 bits per heavy atom. The lowest BCUT2D eigenvalue weighted by Crippen LogP contribution is -2.29. The molecule has 2 aromatic carbocycles. The SMILES string of the molecule is CCN1CCc2[nH]c3ccc(-c4ccc5nnc(Cc6ccc7ncccc7c6)n5n4)cc3c2C1. The number of aromatic nitrogens is 6. The van der Waals surface area contributed by atoms with Crippen LogP contribution in [0.25, 0.3) is 38.7 Å². The van der Waals surface area contributed by atoms with Crippen molar-refractivity contribution in [2.24, 2.45) is 0 Å². The molecular formula is C28H25N7. The summed E-state index contributed by atoms with van der Waals surface area (Å²) in [5.41, 5.74) is 8.93. The predicted octanol–water partition coefficient (Wildman–Crippen LogP) is 4.79. The lowest BCUT2D eigenvalue weighted by molar-refractivity contribution is 0.268. The molecule has 7 rings (SSSR count). The number of nitrogens with zero attached hydrogens (tertiary/aromatic N) is 6. The van der Waals surface area contributed by atoms with Crippen LogP contribution in [0.5, 0.6) is 0 Å². The van der Waals surface area contributed by atoms with Crippen LogP contribution >= 0.6 is 0 Å². The van der Waals surface area contributed by atoms with Crippen molar-refractivity contribution in [1.82, 2.24) is 34.7 Å². The van der Waals surface area contributed by atoms with Gasteiger partial charge in [0.1, 0.15) is 0 Å². The average molecular weight is 460 g/mol. The van der Waals surface area contributed by atoms with E-state index in [-0.39, 0.29) is 0 Å². The van der Waals surface area contributed by atoms with Crippen LogP contribution in [-0.4, -0.2) is 47.8 Å².